The molecule has 1 fully saturated rings. The molecule has 3 atom stereocenters. The van der Waals surface area contributed by atoms with E-state index in [1.165, 1.54) is 5.56 Å². The molecule has 2 rings (SSSR count). The summed E-state index contributed by atoms with van der Waals surface area (Å²) in [5.74, 6) is -0.511. The minimum Gasteiger partial charge on any atom is -0.481 e. The second kappa shape index (κ2) is 8.08. The van der Waals surface area contributed by atoms with Crippen molar-refractivity contribution in [2.75, 3.05) is 13.7 Å². The Morgan fingerprint density at radius 3 is 2.38 bits per heavy atom. The van der Waals surface area contributed by atoms with Gasteiger partial charge >= 0.3 is 5.97 Å². The summed E-state index contributed by atoms with van der Waals surface area (Å²) in [6, 6.07) is 7.36. The van der Waals surface area contributed by atoms with Gasteiger partial charge in [0.25, 0.3) is 5.91 Å². The first-order valence-corrected chi connectivity index (χ1v) is 8.94. The summed E-state index contributed by atoms with van der Waals surface area (Å²) in [5, 5.41) is 9.09. The van der Waals surface area contributed by atoms with Crippen LogP contribution in [0.3, 0.4) is 0 Å². The van der Waals surface area contributed by atoms with Gasteiger partial charge in [-0.2, -0.15) is 0 Å². The van der Waals surface area contributed by atoms with Crippen molar-refractivity contribution in [3.8, 4) is 5.75 Å². The molecule has 1 aromatic rings. The maximum absolute atomic E-state index is 12.8. The Bertz CT molecular complexity index is 635. The average Bonchev–Trinajstić information content (AvgIpc) is 2.96. The molecule has 3 unspecified atom stereocenters. The molecule has 1 amide bonds. The largest absolute Gasteiger partial charge is 0.481 e. The number of hydrogen-bond acceptors (Lipinski definition) is 4. The number of nitrogens with zero attached hydrogens (tertiary/aromatic N) is 1. The van der Waals surface area contributed by atoms with E-state index in [0.29, 0.717) is 18.7 Å². The Kier molecular flexibility index (Phi) is 6.29. The second-order valence-corrected chi connectivity index (χ2v) is 7.87. The fourth-order valence-electron chi connectivity index (χ4n) is 3.23. The quantitative estimate of drug-likeness (QED) is 0.841. The van der Waals surface area contributed by atoms with E-state index in [1.807, 2.05) is 24.3 Å². The number of likely N-dealkylation sites (tertiary alicyclic amines) is 1. The third kappa shape index (κ3) is 4.97. The Balaban J connectivity index is 2.04. The van der Waals surface area contributed by atoms with Gasteiger partial charge in [-0.15, -0.1) is 0 Å². The number of aliphatic carboxylic acids is 1. The van der Waals surface area contributed by atoms with E-state index in [-0.39, 0.29) is 29.9 Å². The van der Waals surface area contributed by atoms with E-state index in [9.17, 15) is 9.59 Å². The van der Waals surface area contributed by atoms with Crippen molar-refractivity contribution in [2.45, 2.75) is 64.2 Å². The molecule has 0 bridgehead atoms. The Morgan fingerprint density at radius 2 is 1.88 bits per heavy atom. The zero-order chi connectivity index (χ0) is 19.5. The maximum Gasteiger partial charge on any atom is 0.305 e. The zero-order valence-corrected chi connectivity index (χ0v) is 16.2. The zero-order valence-electron chi connectivity index (χ0n) is 16.2. The smallest absolute Gasteiger partial charge is 0.305 e. The highest BCUT2D eigenvalue weighted by atomic mass is 16.5. The monoisotopic (exact) mass is 363 g/mol. The summed E-state index contributed by atoms with van der Waals surface area (Å²) >= 11 is 0. The Morgan fingerprint density at radius 1 is 1.27 bits per heavy atom. The number of carbonyl (C=O) groups is 2. The number of amides is 1. The lowest BCUT2D eigenvalue weighted by Crippen LogP contribution is -2.44. The molecule has 0 saturated carbocycles. The van der Waals surface area contributed by atoms with Gasteiger partial charge in [0, 0.05) is 19.7 Å². The molecule has 1 N–H and O–H groups in total. The van der Waals surface area contributed by atoms with Crippen LogP contribution in [0.15, 0.2) is 24.3 Å². The summed E-state index contributed by atoms with van der Waals surface area (Å²) in [5.41, 5.74) is 1.24. The number of rotatable bonds is 6. The van der Waals surface area contributed by atoms with E-state index in [4.69, 9.17) is 14.6 Å². The molecule has 1 aliphatic rings. The third-order valence-corrected chi connectivity index (χ3v) is 4.78. The molecule has 1 saturated heterocycles. The summed E-state index contributed by atoms with van der Waals surface area (Å²) in [6.45, 7) is 8.49. The minimum atomic E-state index is -0.920. The van der Waals surface area contributed by atoms with Crippen LogP contribution in [0.5, 0.6) is 5.75 Å². The number of carbonyl (C=O) groups excluding carboxylic acids is 1. The first-order chi connectivity index (χ1) is 12.1. The fourth-order valence-corrected chi connectivity index (χ4v) is 3.23. The van der Waals surface area contributed by atoms with Crippen molar-refractivity contribution in [3.63, 3.8) is 0 Å². The van der Waals surface area contributed by atoms with Gasteiger partial charge in [0.2, 0.25) is 0 Å². The molecule has 6 nitrogen and oxygen atoms in total. The van der Waals surface area contributed by atoms with Gasteiger partial charge in [-0.1, -0.05) is 32.9 Å². The molecule has 144 valence electrons. The van der Waals surface area contributed by atoms with Gasteiger partial charge in [-0.3, -0.25) is 9.59 Å². The molecule has 1 heterocycles. The number of methoxy groups -OCH3 is 1. The summed E-state index contributed by atoms with van der Waals surface area (Å²) in [4.78, 5) is 25.4. The van der Waals surface area contributed by atoms with Crippen LogP contribution in [0.4, 0.5) is 0 Å². The highest BCUT2D eigenvalue weighted by molar-refractivity contribution is 5.82. The number of benzene rings is 1. The highest BCUT2D eigenvalue weighted by Gasteiger charge is 2.38. The minimum absolute atomic E-state index is 0.0503. The number of ether oxygens (including phenoxy) is 2. The molecular formula is C20H29NO5. The lowest BCUT2D eigenvalue weighted by Gasteiger charge is -2.27. The Hall–Kier alpha value is -2.08. The molecule has 0 spiro atoms. The summed E-state index contributed by atoms with van der Waals surface area (Å²) in [6.07, 6.45) is -0.385. The molecule has 0 aromatic heterocycles. The molecule has 6 heteroatoms. The van der Waals surface area contributed by atoms with Crippen LogP contribution in [-0.4, -0.2) is 53.8 Å². The van der Waals surface area contributed by atoms with Gasteiger partial charge in [0.15, 0.2) is 6.10 Å². The van der Waals surface area contributed by atoms with E-state index >= 15 is 0 Å². The first kappa shape index (κ1) is 20.2. The van der Waals surface area contributed by atoms with Crippen molar-refractivity contribution in [2.24, 2.45) is 0 Å². The lowest BCUT2D eigenvalue weighted by molar-refractivity contribution is -0.142. The van der Waals surface area contributed by atoms with E-state index in [1.54, 1.807) is 18.9 Å². The molecule has 0 aliphatic carbocycles. The van der Waals surface area contributed by atoms with Crippen molar-refractivity contribution in [1.29, 1.82) is 0 Å². The van der Waals surface area contributed by atoms with Gasteiger partial charge < -0.3 is 19.5 Å². The molecule has 0 radical (unpaired) electrons. The van der Waals surface area contributed by atoms with Gasteiger partial charge in [0.05, 0.1) is 12.5 Å². The predicted octanol–water partition coefficient (Wildman–Crippen LogP) is 2.84. The first-order valence-electron chi connectivity index (χ1n) is 8.94. The normalized spacial score (nSPS) is 21.5. The summed E-state index contributed by atoms with van der Waals surface area (Å²) in [7, 11) is 1.58. The number of hydrogen-bond donors (Lipinski definition) is 1. The molecule has 26 heavy (non-hydrogen) atoms. The molecule has 1 aliphatic heterocycles. The average molecular weight is 363 g/mol. The molecular weight excluding hydrogens is 334 g/mol. The van der Waals surface area contributed by atoms with E-state index in [2.05, 4.69) is 20.8 Å². The van der Waals surface area contributed by atoms with Gasteiger partial charge in [-0.25, -0.2) is 0 Å². The van der Waals surface area contributed by atoms with Crippen LogP contribution in [0, 0.1) is 0 Å². The maximum atomic E-state index is 12.8. The number of carboxylic acid groups (broad SMARTS) is 1. The summed E-state index contributed by atoms with van der Waals surface area (Å²) < 4.78 is 11.1. The van der Waals surface area contributed by atoms with Crippen LogP contribution in [0.1, 0.15) is 46.1 Å². The molecule has 1 aromatic carbocycles. The standard InChI is InChI=1S/C20H29NO5/c1-13(26-16-8-6-14(7-9-16)20(2,3)4)19(24)21-12-17(25-5)10-15(21)11-18(22)23/h6-9,13,15,17H,10-12H2,1-5H3,(H,22,23). The van der Waals surface area contributed by atoms with Crippen LogP contribution >= 0.6 is 0 Å². The van der Waals surface area contributed by atoms with Gasteiger partial charge in [0.1, 0.15) is 5.75 Å². The van der Waals surface area contributed by atoms with Crippen LogP contribution in [-0.2, 0) is 19.7 Å². The van der Waals surface area contributed by atoms with Crippen molar-refractivity contribution >= 4 is 11.9 Å². The topological polar surface area (TPSA) is 76.1 Å². The lowest BCUT2D eigenvalue weighted by atomic mass is 9.87. The van der Waals surface area contributed by atoms with Crippen LogP contribution < -0.4 is 4.74 Å². The van der Waals surface area contributed by atoms with Crippen molar-refractivity contribution in [1.82, 2.24) is 4.90 Å². The van der Waals surface area contributed by atoms with E-state index < -0.39 is 12.1 Å². The Labute approximate surface area is 155 Å². The predicted molar refractivity (Wildman–Crippen MR) is 98.4 cm³/mol. The third-order valence-electron chi connectivity index (χ3n) is 4.78. The SMILES string of the molecule is COC1CC(CC(=O)O)N(C(=O)C(C)Oc2ccc(C(C)(C)C)cc2)C1. The van der Waals surface area contributed by atoms with E-state index in [0.717, 1.165) is 0 Å². The fraction of sp³-hybridized carbons (Fsp3) is 0.600. The van der Waals surface area contributed by atoms with Crippen LogP contribution in [0.25, 0.3) is 0 Å². The van der Waals surface area contributed by atoms with Crippen LogP contribution in [0.2, 0.25) is 0 Å². The van der Waals surface area contributed by atoms with Gasteiger partial charge in [-0.05, 0) is 36.5 Å². The second-order valence-electron chi connectivity index (χ2n) is 7.87. The highest BCUT2D eigenvalue weighted by Crippen LogP contribution is 2.26. The van der Waals surface area contributed by atoms with Crippen molar-refractivity contribution in [3.05, 3.63) is 29.8 Å². The van der Waals surface area contributed by atoms with Crippen molar-refractivity contribution < 1.29 is 24.2 Å². The number of carboxylic acids is 1.